The number of phenols is 1. The molecule has 1 aliphatic carbocycles. The van der Waals surface area contributed by atoms with E-state index in [1.807, 2.05) is 20.8 Å². The van der Waals surface area contributed by atoms with Crippen LogP contribution in [0.2, 0.25) is 0 Å². The number of hydrogen-bond acceptors (Lipinski definition) is 4. The van der Waals surface area contributed by atoms with Gasteiger partial charge in [0.2, 0.25) is 0 Å². The second-order valence-electron chi connectivity index (χ2n) is 6.24. The maximum Gasteiger partial charge on any atom is 0.412 e. The van der Waals surface area contributed by atoms with Gasteiger partial charge in [0, 0.05) is 5.69 Å². The summed E-state index contributed by atoms with van der Waals surface area (Å²) < 4.78 is 5.24. The number of amides is 1. The smallest absolute Gasteiger partial charge is 0.412 e. The molecule has 2 rings (SSSR count). The van der Waals surface area contributed by atoms with Gasteiger partial charge < -0.3 is 15.6 Å². The van der Waals surface area contributed by atoms with Gasteiger partial charge in [-0.05, 0) is 69.3 Å². The lowest BCUT2D eigenvalue weighted by molar-refractivity contribution is 0.0635. The number of anilines is 1. The van der Waals surface area contributed by atoms with Gasteiger partial charge in [-0.15, -0.1) is 0 Å². The van der Waals surface area contributed by atoms with E-state index in [9.17, 15) is 9.90 Å². The fourth-order valence-electron chi connectivity index (χ4n) is 2.27. The van der Waals surface area contributed by atoms with Crippen molar-refractivity contribution < 1.29 is 14.6 Å². The predicted molar refractivity (Wildman–Crippen MR) is 77.9 cm³/mol. The van der Waals surface area contributed by atoms with Crippen molar-refractivity contribution in [3.8, 4) is 5.75 Å². The van der Waals surface area contributed by atoms with Gasteiger partial charge in [-0.3, -0.25) is 5.32 Å². The maximum atomic E-state index is 11.8. The Morgan fingerprint density at radius 2 is 2.20 bits per heavy atom. The predicted octanol–water partition coefficient (Wildman–Crippen LogP) is 2.80. The number of nitrogens with two attached hydrogens (primary N) is 1. The lowest BCUT2D eigenvalue weighted by atomic mass is 10.1. The average Bonchev–Trinajstić information content (AvgIpc) is 3.08. The Balaban J connectivity index is 2.13. The van der Waals surface area contributed by atoms with Crippen molar-refractivity contribution in [2.45, 2.75) is 38.7 Å². The first-order valence-corrected chi connectivity index (χ1v) is 6.83. The molecule has 1 aromatic carbocycles. The zero-order valence-corrected chi connectivity index (χ0v) is 12.1. The number of hydrogen-bond donors (Lipinski definition) is 3. The van der Waals surface area contributed by atoms with Gasteiger partial charge in [-0.25, -0.2) is 4.79 Å². The van der Waals surface area contributed by atoms with E-state index < -0.39 is 11.7 Å². The highest BCUT2D eigenvalue weighted by atomic mass is 16.6. The number of ether oxygens (including phenoxy) is 1. The summed E-state index contributed by atoms with van der Waals surface area (Å²) in [7, 11) is 0. The molecule has 4 N–H and O–H groups in total. The number of carbonyl (C=O) groups is 1. The van der Waals surface area contributed by atoms with Crippen molar-refractivity contribution in [1.82, 2.24) is 0 Å². The van der Waals surface area contributed by atoms with E-state index in [1.165, 1.54) is 0 Å². The van der Waals surface area contributed by atoms with E-state index in [1.54, 1.807) is 18.2 Å². The third-order valence-electron chi connectivity index (χ3n) is 3.30. The highest BCUT2D eigenvalue weighted by Crippen LogP contribution is 2.49. The third kappa shape index (κ3) is 3.63. The molecule has 1 saturated carbocycles. The molecule has 0 aromatic heterocycles. The van der Waals surface area contributed by atoms with Crippen LogP contribution in [0.25, 0.3) is 0 Å². The van der Waals surface area contributed by atoms with Crippen LogP contribution in [-0.4, -0.2) is 23.3 Å². The molecule has 0 aliphatic heterocycles. The van der Waals surface area contributed by atoms with E-state index in [-0.39, 0.29) is 5.75 Å². The Morgan fingerprint density at radius 3 is 2.75 bits per heavy atom. The van der Waals surface area contributed by atoms with Crippen LogP contribution >= 0.6 is 0 Å². The molecule has 1 aliphatic rings. The summed E-state index contributed by atoms with van der Waals surface area (Å²) in [6.45, 7) is 6.06. The van der Waals surface area contributed by atoms with Crippen molar-refractivity contribution in [3.05, 3.63) is 23.8 Å². The molecule has 2 atom stereocenters. The fraction of sp³-hybridized carbons (Fsp3) is 0.533. The SMILES string of the molecule is CC(C)(C)OC(=O)Nc1ccc(O)cc1[C@@H]1C[C@H]1CN. The molecular weight excluding hydrogens is 256 g/mol. The van der Waals surface area contributed by atoms with E-state index >= 15 is 0 Å². The molecule has 1 amide bonds. The average molecular weight is 278 g/mol. The Labute approximate surface area is 119 Å². The number of rotatable bonds is 3. The Kier molecular flexibility index (Phi) is 3.90. The topological polar surface area (TPSA) is 84.6 Å². The lowest BCUT2D eigenvalue weighted by Gasteiger charge is -2.20. The van der Waals surface area contributed by atoms with Crippen LogP contribution in [0.3, 0.4) is 0 Å². The van der Waals surface area contributed by atoms with Crippen molar-refractivity contribution in [2.75, 3.05) is 11.9 Å². The first kappa shape index (κ1) is 14.7. The van der Waals surface area contributed by atoms with Crippen LogP contribution in [0.15, 0.2) is 18.2 Å². The second kappa shape index (κ2) is 5.32. The largest absolute Gasteiger partial charge is 0.508 e. The highest BCUT2D eigenvalue weighted by Gasteiger charge is 2.38. The number of aromatic hydroxyl groups is 1. The van der Waals surface area contributed by atoms with Crippen LogP contribution in [0.5, 0.6) is 5.75 Å². The van der Waals surface area contributed by atoms with Gasteiger partial charge in [-0.2, -0.15) is 0 Å². The molecule has 1 fully saturated rings. The van der Waals surface area contributed by atoms with Gasteiger partial charge in [0.1, 0.15) is 11.4 Å². The molecule has 0 unspecified atom stereocenters. The van der Waals surface area contributed by atoms with Crippen molar-refractivity contribution in [2.24, 2.45) is 11.7 Å². The van der Waals surface area contributed by atoms with Crippen LogP contribution in [0.4, 0.5) is 10.5 Å². The minimum Gasteiger partial charge on any atom is -0.508 e. The number of phenolic OH excluding ortho intramolecular Hbond substituents is 1. The van der Waals surface area contributed by atoms with E-state index in [4.69, 9.17) is 10.5 Å². The molecule has 0 bridgehead atoms. The van der Waals surface area contributed by atoms with Gasteiger partial charge >= 0.3 is 6.09 Å². The minimum absolute atomic E-state index is 0.192. The maximum absolute atomic E-state index is 11.8. The summed E-state index contributed by atoms with van der Waals surface area (Å²) in [6.07, 6.45) is 0.498. The quantitative estimate of drug-likeness (QED) is 0.742. The summed E-state index contributed by atoms with van der Waals surface area (Å²) in [5, 5.41) is 12.4. The zero-order valence-electron chi connectivity index (χ0n) is 12.1. The van der Waals surface area contributed by atoms with Crippen molar-refractivity contribution in [3.63, 3.8) is 0 Å². The van der Waals surface area contributed by atoms with Crippen molar-refractivity contribution in [1.29, 1.82) is 0 Å². The number of benzene rings is 1. The molecular formula is C15H22N2O3. The molecule has 0 saturated heterocycles. The van der Waals surface area contributed by atoms with Gasteiger partial charge in [-0.1, -0.05) is 0 Å². The van der Waals surface area contributed by atoms with E-state index in [2.05, 4.69) is 5.32 Å². The second-order valence-corrected chi connectivity index (χ2v) is 6.24. The van der Waals surface area contributed by atoms with Crippen LogP contribution < -0.4 is 11.1 Å². The Hall–Kier alpha value is -1.75. The molecule has 0 radical (unpaired) electrons. The molecule has 1 aromatic rings. The molecule has 0 spiro atoms. The Bertz CT molecular complexity index is 508. The molecule has 110 valence electrons. The summed E-state index contributed by atoms with van der Waals surface area (Å²) >= 11 is 0. The lowest BCUT2D eigenvalue weighted by Crippen LogP contribution is -2.27. The van der Waals surface area contributed by atoms with Crippen LogP contribution in [0, 0.1) is 5.92 Å². The summed E-state index contributed by atoms with van der Waals surface area (Å²) in [6, 6.07) is 4.93. The molecule has 0 heterocycles. The highest BCUT2D eigenvalue weighted by molar-refractivity contribution is 5.86. The third-order valence-corrected chi connectivity index (χ3v) is 3.30. The van der Waals surface area contributed by atoms with Crippen LogP contribution in [-0.2, 0) is 4.74 Å². The van der Waals surface area contributed by atoms with Gasteiger partial charge in [0.05, 0.1) is 0 Å². The standard InChI is InChI=1S/C15H22N2O3/c1-15(2,3)20-14(19)17-13-5-4-10(18)7-12(13)11-6-9(11)8-16/h4-5,7,9,11,18H,6,8,16H2,1-3H3,(H,17,19)/t9-,11+/m0/s1. The zero-order chi connectivity index (χ0) is 14.9. The number of nitrogens with one attached hydrogen (secondary N) is 1. The molecule has 5 heteroatoms. The number of carbonyl (C=O) groups excluding carboxylic acids is 1. The monoisotopic (exact) mass is 278 g/mol. The van der Waals surface area contributed by atoms with Crippen molar-refractivity contribution >= 4 is 11.8 Å². The summed E-state index contributed by atoms with van der Waals surface area (Å²) in [5.74, 6) is 0.922. The summed E-state index contributed by atoms with van der Waals surface area (Å²) in [5.41, 5.74) is 6.72. The van der Waals surface area contributed by atoms with Gasteiger partial charge in [0.15, 0.2) is 0 Å². The fourth-order valence-corrected chi connectivity index (χ4v) is 2.27. The summed E-state index contributed by atoms with van der Waals surface area (Å²) in [4.78, 5) is 11.8. The van der Waals surface area contributed by atoms with E-state index in [0.29, 0.717) is 24.1 Å². The molecule has 20 heavy (non-hydrogen) atoms. The first-order chi connectivity index (χ1) is 9.30. The first-order valence-electron chi connectivity index (χ1n) is 6.83. The van der Waals surface area contributed by atoms with Crippen LogP contribution in [0.1, 0.15) is 38.7 Å². The molecule has 5 nitrogen and oxygen atoms in total. The van der Waals surface area contributed by atoms with E-state index in [0.717, 1.165) is 12.0 Å². The Morgan fingerprint density at radius 1 is 1.50 bits per heavy atom. The van der Waals surface area contributed by atoms with Gasteiger partial charge in [0.25, 0.3) is 0 Å². The minimum atomic E-state index is -0.541. The normalized spacial score (nSPS) is 21.4.